The molecule has 0 saturated heterocycles. The number of benzene rings is 2. The quantitative estimate of drug-likeness (QED) is 0.537. The maximum absolute atomic E-state index is 12.7. The Bertz CT molecular complexity index is 1040. The van der Waals surface area contributed by atoms with Gasteiger partial charge in [-0.1, -0.05) is 61.7 Å². The van der Waals surface area contributed by atoms with Crippen molar-refractivity contribution >= 4 is 22.6 Å². The van der Waals surface area contributed by atoms with Crippen molar-refractivity contribution in [1.29, 1.82) is 0 Å². The number of carbonyl (C=O) groups is 2. The van der Waals surface area contributed by atoms with E-state index in [0.29, 0.717) is 30.1 Å². The van der Waals surface area contributed by atoms with Gasteiger partial charge in [-0.15, -0.1) is 0 Å². The van der Waals surface area contributed by atoms with Crippen molar-refractivity contribution < 1.29 is 9.59 Å². The van der Waals surface area contributed by atoms with Crippen LogP contribution in [-0.4, -0.2) is 47.8 Å². The Hall–Kier alpha value is -2.92. The van der Waals surface area contributed by atoms with Crippen LogP contribution in [0, 0.1) is 0 Å². The predicted molar refractivity (Wildman–Crippen MR) is 124 cm³/mol. The maximum atomic E-state index is 12.7. The summed E-state index contributed by atoms with van der Waals surface area (Å²) < 4.78 is 0. The summed E-state index contributed by atoms with van der Waals surface area (Å²) in [5.41, 5.74) is 3.14. The Labute approximate surface area is 183 Å². The van der Waals surface area contributed by atoms with Gasteiger partial charge < -0.3 is 15.2 Å². The Morgan fingerprint density at radius 3 is 2.58 bits per heavy atom. The summed E-state index contributed by atoms with van der Waals surface area (Å²) in [7, 11) is 2.16. The van der Waals surface area contributed by atoms with E-state index >= 15 is 0 Å². The summed E-state index contributed by atoms with van der Waals surface area (Å²) in [4.78, 5) is 30.8. The molecule has 1 saturated carbocycles. The van der Waals surface area contributed by atoms with E-state index in [1.807, 2.05) is 54.7 Å². The Balaban J connectivity index is 1.33. The van der Waals surface area contributed by atoms with E-state index in [-0.39, 0.29) is 11.7 Å². The van der Waals surface area contributed by atoms with E-state index in [1.165, 1.54) is 32.1 Å². The molecule has 1 heterocycles. The van der Waals surface area contributed by atoms with Gasteiger partial charge in [-0.2, -0.15) is 0 Å². The van der Waals surface area contributed by atoms with Crippen LogP contribution >= 0.6 is 0 Å². The summed E-state index contributed by atoms with van der Waals surface area (Å²) in [5.74, 6) is 0.0286. The average Bonchev–Trinajstić information content (AvgIpc) is 3.21. The first-order valence-electron chi connectivity index (χ1n) is 11.3. The molecule has 162 valence electrons. The molecule has 31 heavy (non-hydrogen) atoms. The first kappa shape index (κ1) is 21.3. The van der Waals surface area contributed by atoms with Crippen LogP contribution in [0.1, 0.15) is 53.6 Å². The molecule has 1 aliphatic carbocycles. The lowest BCUT2D eigenvalue weighted by Crippen LogP contribution is -2.39. The van der Waals surface area contributed by atoms with Gasteiger partial charge in [0.15, 0.2) is 5.78 Å². The van der Waals surface area contributed by atoms with Crippen LogP contribution in [-0.2, 0) is 11.2 Å². The number of likely N-dealkylation sites (N-methyl/N-ethyl adjacent to an activating group) is 1. The second-order valence-electron chi connectivity index (χ2n) is 8.57. The number of nitrogens with zero attached hydrogens (tertiary/aromatic N) is 1. The van der Waals surface area contributed by atoms with Crippen LogP contribution in [0.15, 0.2) is 54.7 Å². The number of fused-ring (bicyclic) bond motifs is 1. The van der Waals surface area contributed by atoms with Gasteiger partial charge in [0.2, 0.25) is 5.91 Å². The van der Waals surface area contributed by atoms with E-state index in [4.69, 9.17) is 0 Å². The summed E-state index contributed by atoms with van der Waals surface area (Å²) in [6, 6.07) is 15.6. The zero-order valence-corrected chi connectivity index (χ0v) is 18.2. The van der Waals surface area contributed by atoms with Gasteiger partial charge in [-0.05, 0) is 31.5 Å². The van der Waals surface area contributed by atoms with Gasteiger partial charge in [0.05, 0.1) is 6.42 Å². The largest absolute Gasteiger partial charge is 0.361 e. The summed E-state index contributed by atoms with van der Waals surface area (Å²) in [6.07, 6.45) is 8.74. The summed E-state index contributed by atoms with van der Waals surface area (Å²) in [5, 5.41) is 4.04. The number of aromatic amines is 1. The molecule has 0 radical (unpaired) electrons. The monoisotopic (exact) mass is 417 g/mol. The number of ketones is 1. The van der Waals surface area contributed by atoms with Gasteiger partial charge in [0.25, 0.3) is 0 Å². The van der Waals surface area contributed by atoms with Crippen molar-refractivity contribution in [3.63, 3.8) is 0 Å². The summed E-state index contributed by atoms with van der Waals surface area (Å²) in [6.45, 7) is 1.55. The van der Waals surface area contributed by atoms with E-state index in [0.717, 1.165) is 23.0 Å². The normalized spacial score (nSPS) is 14.8. The number of amides is 1. The minimum atomic E-state index is -0.00141. The molecule has 3 aromatic rings. The molecule has 4 rings (SSSR count). The number of H-pyrrole nitrogens is 1. The fourth-order valence-electron chi connectivity index (χ4n) is 4.54. The third-order valence-electron chi connectivity index (χ3n) is 6.40. The highest BCUT2D eigenvalue weighted by atomic mass is 16.1. The summed E-state index contributed by atoms with van der Waals surface area (Å²) >= 11 is 0. The van der Waals surface area contributed by atoms with Crippen LogP contribution in [0.2, 0.25) is 0 Å². The fraction of sp³-hybridized carbons (Fsp3) is 0.385. The molecule has 1 amide bonds. The highest BCUT2D eigenvalue weighted by Gasteiger charge is 2.18. The molecule has 1 aliphatic rings. The lowest BCUT2D eigenvalue weighted by atomic mass is 9.94. The van der Waals surface area contributed by atoms with E-state index in [2.05, 4.69) is 22.2 Å². The van der Waals surface area contributed by atoms with Crippen LogP contribution in [0.4, 0.5) is 0 Å². The van der Waals surface area contributed by atoms with Gasteiger partial charge in [0, 0.05) is 47.4 Å². The van der Waals surface area contributed by atoms with Crippen molar-refractivity contribution in [2.75, 3.05) is 20.1 Å². The Morgan fingerprint density at radius 2 is 1.81 bits per heavy atom. The molecule has 5 nitrogen and oxygen atoms in total. The molecule has 0 spiro atoms. The van der Waals surface area contributed by atoms with E-state index in [9.17, 15) is 9.59 Å². The number of carbonyl (C=O) groups excluding carboxylic acids is 2. The number of nitrogens with one attached hydrogen (secondary N) is 2. The molecular weight excluding hydrogens is 386 g/mol. The lowest BCUT2D eigenvalue weighted by Gasteiger charge is -2.31. The molecule has 5 heteroatoms. The van der Waals surface area contributed by atoms with Crippen molar-refractivity contribution in [3.05, 3.63) is 71.4 Å². The van der Waals surface area contributed by atoms with Gasteiger partial charge in [-0.25, -0.2) is 0 Å². The van der Waals surface area contributed by atoms with Crippen molar-refractivity contribution in [3.8, 4) is 0 Å². The molecule has 0 atom stereocenters. The number of rotatable bonds is 8. The molecule has 0 bridgehead atoms. The lowest BCUT2D eigenvalue weighted by molar-refractivity contribution is -0.120. The molecule has 0 aliphatic heterocycles. The van der Waals surface area contributed by atoms with Crippen molar-refractivity contribution in [2.24, 2.45) is 0 Å². The number of aromatic nitrogens is 1. The van der Waals surface area contributed by atoms with Crippen molar-refractivity contribution in [2.45, 2.75) is 44.6 Å². The van der Waals surface area contributed by atoms with E-state index in [1.54, 1.807) is 0 Å². The third kappa shape index (κ3) is 5.23. The maximum Gasteiger partial charge on any atom is 0.224 e. The van der Waals surface area contributed by atoms with Gasteiger partial charge in [0.1, 0.15) is 0 Å². The molecule has 2 N–H and O–H groups in total. The minimum Gasteiger partial charge on any atom is -0.361 e. The van der Waals surface area contributed by atoms with Crippen molar-refractivity contribution in [1.82, 2.24) is 15.2 Å². The average molecular weight is 418 g/mol. The Kier molecular flexibility index (Phi) is 6.82. The zero-order chi connectivity index (χ0) is 21.6. The highest BCUT2D eigenvalue weighted by Crippen LogP contribution is 2.22. The Morgan fingerprint density at radius 1 is 1.03 bits per heavy atom. The standard InChI is InChI=1S/C26H31N3O2/c1-29(22-10-6-3-7-11-22)15-14-27-25(30)17-21-18-28-24-16-20(12-13-23(21)24)26(31)19-8-4-2-5-9-19/h2,4-5,8-9,12-13,16,18,22,28H,3,6-7,10-11,14-15,17H2,1H3,(H,27,30). The van der Waals surface area contributed by atoms with Gasteiger partial charge in [-0.3, -0.25) is 9.59 Å². The minimum absolute atomic E-state index is 0.00141. The van der Waals surface area contributed by atoms with Crippen LogP contribution < -0.4 is 5.32 Å². The van der Waals surface area contributed by atoms with Crippen LogP contribution in [0.25, 0.3) is 10.9 Å². The second-order valence-corrected chi connectivity index (χ2v) is 8.57. The highest BCUT2D eigenvalue weighted by molar-refractivity contribution is 6.10. The van der Waals surface area contributed by atoms with E-state index < -0.39 is 0 Å². The first-order valence-corrected chi connectivity index (χ1v) is 11.3. The zero-order valence-electron chi connectivity index (χ0n) is 18.2. The molecule has 1 aromatic heterocycles. The molecular formula is C26H31N3O2. The first-order chi connectivity index (χ1) is 15.1. The molecule has 0 unspecified atom stereocenters. The topological polar surface area (TPSA) is 65.2 Å². The SMILES string of the molecule is CN(CCNC(=O)Cc1c[nH]c2cc(C(=O)c3ccccc3)ccc12)C1CCCCC1. The number of hydrogen-bond acceptors (Lipinski definition) is 3. The number of hydrogen-bond donors (Lipinski definition) is 2. The van der Waals surface area contributed by atoms with Gasteiger partial charge >= 0.3 is 0 Å². The third-order valence-corrected chi connectivity index (χ3v) is 6.40. The molecule has 2 aromatic carbocycles. The smallest absolute Gasteiger partial charge is 0.224 e. The van der Waals surface area contributed by atoms with Crippen LogP contribution in [0.3, 0.4) is 0 Å². The predicted octanol–water partition coefficient (Wildman–Crippen LogP) is 4.32. The van der Waals surface area contributed by atoms with Crippen LogP contribution in [0.5, 0.6) is 0 Å². The fourth-order valence-corrected chi connectivity index (χ4v) is 4.54. The molecule has 1 fully saturated rings. The second kappa shape index (κ2) is 9.92.